The second kappa shape index (κ2) is 5.42. The van der Waals surface area contributed by atoms with Crippen molar-refractivity contribution in [1.82, 2.24) is 9.97 Å². The monoisotopic (exact) mass is 273 g/mol. The molecule has 0 unspecified atom stereocenters. The van der Waals surface area contributed by atoms with Crippen molar-refractivity contribution in [3.63, 3.8) is 0 Å². The third-order valence-electron chi connectivity index (χ3n) is 3.36. The van der Waals surface area contributed by atoms with Crippen molar-refractivity contribution in [3.05, 3.63) is 30.1 Å². The van der Waals surface area contributed by atoms with Crippen LogP contribution in [0.1, 0.15) is 23.5 Å². The number of carboxylic acid groups (broad SMARTS) is 1. The van der Waals surface area contributed by atoms with Crippen molar-refractivity contribution >= 4 is 22.7 Å². The first-order valence-electron chi connectivity index (χ1n) is 6.58. The molecule has 2 N–H and O–H groups in total. The number of nitrogens with zero attached hydrogens (tertiary/aromatic N) is 2. The van der Waals surface area contributed by atoms with E-state index in [1.807, 2.05) is 18.2 Å². The molecule has 1 aromatic heterocycles. The highest BCUT2D eigenvalue weighted by atomic mass is 16.5. The molecule has 1 aliphatic heterocycles. The smallest absolute Gasteiger partial charge is 0.374 e. The average molecular weight is 273 g/mol. The molecule has 6 heteroatoms. The summed E-state index contributed by atoms with van der Waals surface area (Å²) in [6, 6.07) is 7.66. The standard InChI is InChI=1S/C14H15N3O3/c18-14(19)13-16-11-4-2-1-3-10(11)12(17-13)15-9-5-7-20-8-6-9/h1-4,9H,5-8H2,(H,18,19)(H,15,16,17). The molecule has 1 saturated heterocycles. The van der Waals surface area contributed by atoms with Gasteiger partial charge in [-0.3, -0.25) is 0 Å². The summed E-state index contributed by atoms with van der Waals surface area (Å²) >= 11 is 0. The highest BCUT2D eigenvalue weighted by Crippen LogP contribution is 2.22. The number of para-hydroxylation sites is 1. The first kappa shape index (κ1) is 12.8. The van der Waals surface area contributed by atoms with Crippen LogP contribution in [0.4, 0.5) is 5.82 Å². The molecule has 0 amide bonds. The largest absolute Gasteiger partial charge is 0.475 e. The molecule has 1 aromatic carbocycles. The Bertz CT molecular complexity index is 639. The molecular formula is C14H15N3O3. The zero-order valence-corrected chi connectivity index (χ0v) is 10.9. The predicted octanol–water partition coefficient (Wildman–Crippen LogP) is 1.92. The Labute approximate surface area is 115 Å². The zero-order chi connectivity index (χ0) is 13.9. The molecule has 3 rings (SSSR count). The van der Waals surface area contributed by atoms with Gasteiger partial charge in [0.15, 0.2) is 0 Å². The number of carbonyl (C=O) groups is 1. The Morgan fingerprint density at radius 1 is 1.25 bits per heavy atom. The van der Waals surface area contributed by atoms with Crippen molar-refractivity contribution in [2.24, 2.45) is 0 Å². The SMILES string of the molecule is O=C(O)c1nc(NC2CCOCC2)c2ccccc2n1. The van der Waals surface area contributed by atoms with Gasteiger partial charge in [-0.1, -0.05) is 12.1 Å². The molecule has 2 heterocycles. The van der Waals surface area contributed by atoms with Crippen LogP contribution >= 0.6 is 0 Å². The second-order valence-electron chi connectivity index (χ2n) is 4.75. The van der Waals surface area contributed by atoms with Crippen LogP contribution in [0.15, 0.2) is 24.3 Å². The molecule has 1 fully saturated rings. The maximum absolute atomic E-state index is 11.1. The first-order chi connectivity index (χ1) is 9.74. The number of aromatic carboxylic acids is 1. The van der Waals surface area contributed by atoms with Gasteiger partial charge in [0.1, 0.15) is 5.82 Å². The Morgan fingerprint density at radius 3 is 2.75 bits per heavy atom. The van der Waals surface area contributed by atoms with E-state index in [2.05, 4.69) is 15.3 Å². The van der Waals surface area contributed by atoms with E-state index in [-0.39, 0.29) is 11.9 Å². The summed E-state index contributed by atoms with van der Waals surface area (Å²) < 4.78 is 5.32. The number of fused-ring (bicyclic) bond motifs is 1. The van der Waals surface area contributed by atoms with Crippen molar-refractivity contribution in [3.8, 4) is 0 Å². The quantitative estimate of drug-likeness (QED) is 0.888. The van der Waals surface area contributed by atoms with Gasteiger partial charge >= 0.3 is 5.97 Å². The fourth-order valence-corrected chi connectivity index (χ4v) is 2.32. The van der Waals surface area contributed by atoms with E-state index < -0.39 is 5.97 Å². The number of carboxylic acids is 1. The molecular weight excluding hydrogens is 258 g/mol. The van der Waals surface area contributed by atoms with Gasteiger partial charge in [-0.25, -0.2) is 14.8 Å². The van der Waals surface area contributed by atoms with E-state index >= 15 is 0 Å². The lowest BCUT2D eigenvalue weighted by Gasteiger charge is -2.24. The van der Waals surface area contributed by atoms with E-state index in [1.54, 1.807) is 6.07 Å². The number of hydrogen-bond acceptors (Lipinski definition) is 5. The molecule has 20 heavy (non-hydrogen) atoms. The summed E-state index contributed by atoms with van der Waals surface area (Å²) in [4.78, 5) is 19.3. The van der Waals surface area contributed by atoms with Crippen LogP contribution in [0.2, 0.25) is 0 Å². The number of anilines is 1. The lowest BCUT2D eigenvalue weighted by Crippen LogP contribution is -2.28. The molecule has 0 radical (unpaired) electrons. The summed E-state index contributed by atoms with van der Waals surface area (Å²) in [6.45, 7) is 1.43. The lowest BCUT2D eigenvalue weighted by atomic mass is 10.1. The van der Waals surface area contributed by atoms with Crippen LogP contribution in [0.25, 0.3) is 10.9 Å². The Hall–Kier alpha value is -2.21. The zero-order valence-electron chi connectivity index (χ0n) is 10.9. The molecule has 2 aromatic rings. The lowest BCUT2D eigenvalue weighted by molar-refractivity contribution is 0.0684. The topological polar surface area (TPSA) is 84.3 Å². The summed E-state index contributed by atoms with van der Waals surface area (Å²) in [7, 11) is 0. The Kier molecular flexibility index (Phi) is 3.47. The highest BCUT2D eigenvalue weighted by Gasteiger charge is 2.17. The molecule has 0 aliphatic carbocycles. The van der Waals surface area contributed by atoms with Gasteiger partial charge in [-0.15, -0.1) is 0 Å². The minimum Gasteiger partial charge on any atom is -0.475 e. The third kappa shape index (κ3) is 2.55. The van der Waals surface area contributed by atoms with Crippen molar-refractivity contribution in [2.75, 3.05) is 18.5 Å². The Morgan fingerprint density at radius 2 is 2.00 bits per heavy atom. The van der Waals surface area contributed by atoms with E-state index in [4.69, 9.17) is 9.84 Å². The fraction of sp³-hybridized carbons (Fsp3) is 0.357. The highest BCUT2D eigenvalue weighted by molar-refractivity contribution is 5.93. The molecule has 0 atom stereocenters. The maximum atomic E-state index is 11.1. The normalized spacial score (nSPS) is 16.2. The number of aromatic nitrogens is 2. The van der Waals surface area contributed by atoms with Gasteiger partial charge in [0.25, 0.3) is 0 Å². The van der Waals surface area contributed by atoms with Crippen LogP contribution in [0.3, 0.4) is 0 Å². The summed E-state index contributed by atoms with van der Waals surface area (Å²) in [5.41, 5.74) is 0.634. The minimum absolute atomic E-state index is 0.182. The first-order valence-corrected chi connectivity index (χ1v) is 6.58. The summed E-state index contributed by atoms with van der Waals surface area (Å²) in [5.74, 6) is -0.719. The van der Waals surface area contributed by atoms with Crippen LogP contribution in [0, 0.1) is 0 Å². The molecule has 0 spiro atoms. The average Bonchev–Trinajstić information content (AvgIpc) is 2.48. The third-order valence-corrected chi connectivity index (χ3v) is 3.36. The van der Waals surface area contributed by atoms with Crippen LogP contribution < -0.4 is 5.32 Å². The maximum Gasteiger partial charge on any atom is 0.374 e. The number of hydrogen-bond donors (Lipinski definition) is 2. The van der Waals surface area contributed by atoms with Gasteiger partial charge in [-0.05, 0) is 25.0 Å². The molecule has 0 saturated carbocycles. The fourth-order valence-electron chi connectivity index (χ4n) is 2.32. The van der Waals surface area contributed by atoms with Crippen LogP contribution in [0.5, 0.6) is 0 Å². The number of nitrogens with one attached hydrogen (secondary N) is 1. The van der Waals surface area contributed by atoms with Crippen molar-refractivity contribution in [2.45, 2.75) is 18.9 Å². The van der Waals surface area contributed by atoms with Gasteiger partial charge in [0.05, 0.1) is 5.52 Å². The van der Waals surface area contributed by atoms with Crippen molar-refractivity contribution < 1.29 is 14.6 Å². The van der Waals surface area contributed by atoms with Gasteiger partial charge in [0, 0.05) is 24.6 Å². The predicted molar refractivity (Wildman–Crippen MR) is 74.0 cm³/mol. The second-order valence-corrected chi connectivity index (χ2v) is 4.75. The van der Waals surface area contributed by atoms with Gasteiger partial charge in [0.2, 0.25) is 5.82 Å². The summed E-state index contributed by atoms with van der Waals surface area (Å²) in [6.07, 6.45) is 1.78. The van der Waals surface area contributed by atoms with Gasteiger partial charge < -0.3 is 15.2 Å². The van der Waals surface area contributed by atoms with E-state index in [1.165, 1.54) is 0 Å². The molecule has 6 nitrogen and oxygen atoms in total. The van der Waals surface area contributed by atoms with E-state index in [0.717, 1.165) is 18.2 Å². The summed E-state index contributed by atoms with van der Waals surface area (Å²) in [5, 5.41) is 13.3. The minimum atomic E-state index is -1.12. The Balaban J connectivity index is 2.00. The number of rotatable bonds is 3. The van der Waals surface area contributed by atoms with E-state index in [0.29, 0.717) is 24.5 Å². The number of ether oxygens (including phenoxy) is 1. The molecule has 104 valence electrons. The van der Waals surface area contributed by atoms with Crippen LogP contribution in [-0.2, 0) is 4.74 Å². The van der Waals surface area contributed by atoms with E-state index in [9.17, 15) is 4.79 Å². The number of benzene rings is 1. The van der Waals surface area contributed by atoms with Crippen LogP contribution in [-0.4, -0.2) is 40.3 Å². The van der Waals surface area contributed by atoms with Gasteiger partial charge in [-0.2, -0.15) is 0 Å². The van der Waals surface area contributed by atoms with Crippen molar-refractivity contribution in [1.29, 1.82) is 0 Å². The molecule has 1 aliphatic rings. The molecule has 0 bridgehead atoms.